The maximum atomic E-state index is 13.8. The molecule has 126 valence electrons. The molecule has 2 saturated heterocycles. The summed E-state index contributed by atoms with van der Waals surface area (Å²) in [6.45, 7) is 4.84. The number of carbonyl (C=O) groups excluding carboxylic acids is 1. The zero-order valence-electron chi connectivity index (χ0n) is 13.5. The Bertz CT molecular complexity index is 580. The van der Waals surface area contributed by atoms with Crippen LogP contribution in [0.2, 0.25) is 0 Å². The quantitative estimate of drug-likeness (QED) is 0.858. The smallest absolute Gasteiger partial charge is 0.252 e. The Balaban J connectivity index is 1.97. The van der Waals surface area contributed by atoms with Crippen molar-refractivity contribution in [2.24, 2.45) is 5.41 Å². The lowest BCUT2D eigenvalue weighted by atomic mass is 9.79. The van der Waals surface area contributed by atoms with Crippen LogP contribution < -0.4 is 0 Å². The molecule has 0 aromatic carbocycles. The lowest BCUT2D eigenvalue weighted by molar-refractivity contribution is -0.166. The van der Waals surface area contributed by atoms with Gasteiger partial charge in [0.2, 0.25) is 5.91 Å². The molecule has 3 heterocycles. The molecule has 0 radical (unpaired) electrons. The largest absolute Gasteiger partial charge is 0.273 e. The lowest BCUT2D eigenvalue weighted by Crippen LogP contribution is -2.50. The molecule has 2 unspecified atom stereocenters. The number of amides is 1. The van der Waals surface area contributed by atoms with Crippen molar-refractivity contribution in [3.63, 3.8) is 0 Å². The van der Waals surface area contributed by atoms with E-state index in [9.17, 15) is 13.6 Å². The van der Waals surface area contributed by atoms with E-state index in [1.54, 1.807) is 24.3 Å². The van der Waals surface area contributed by atoms with Gasteiger partial charge in [-0.1, -0.05) is 6.92 Å². The van der Waals surface area contributed by atoms with Crippen LogP contribution in [0.5, 0.6) is 0 Å². The summed E-state index contributed by atoms with van der Waals surface area (Å²) in [4.78, 5) is 21.6. The van der Waals surface area contributed by atoms with Crippen LogP contribution in [0.4, 0.5) is 8.78 Å². The van der Waals surface area contributed by atoms with Crippen molar-refractivity contribution in [3.8, 4) is 0 Å². The molecule has 0 aliphatic carbocycles. The van der Waals surface area contributed by atoms with Gasteiger partial charge < -0.3 is 0 Å². The van der Waals surface area contributed by atoms with Crippen LogP contribution in [0, 0.1) is 12.3 Å². The molecule has 2 aliphatic rings. The molecule has 2 aliphatic heterocycles. The van der Waals surface area contributed by atoms with Crippen LogP contribution in [0.25, 0.3) is 0 Å². The van der Waals surface area contributed by atoms with E-state index in [1.807, 2.05) is 11.9 Å². The number of aryl methyl sites for hydroxylation is 1. The fourth-order valence-corrected chi connectivity index (χ4v) is 3.63. The van der Waals surface area contributed by atoms with Gasteiger partial charge in [-0.2, -0.15) is 0 Å². The van der Waals surface area contributed by atoms with E-state index in [-0.39, 0.29) is 18.9 Å². The fourth-order valence-electron chi connectivity index (χ4n) is 3.63. The third kappa shape index (κ3) is 2.60. The summed E-state index contributed by atoms with van der Waals surface area (Å²) in [7, 11) is 0. The van der Waals surface area contributed by atoms with Crippen molar-refractivity contribution in [1.82, 2.24) is 20.0 Å². The number of hydrogen-bond acceptors (Lipinski definition) is 4. The summed E-state index contributed by atoms with van der Waals surface area (Å²) in [5, 5.41) is 3.45. The van der Waals surface area contributed by atoms with Crippen LogP contribution in [0.15, 0.2) is 12.4 Å². The summed E-state index contributed by atoms with van der Waals surface area (Å²) in [6, 6.07) is -0.293. The summed E-state index contributed by atoms with van der Waals surface area (Å²) in [5.74, 6) is -0.461. The van der Waals surface area contributed by atoms with Crippen molar-refractivity contribution >= 4 is 5.91 Å². The topological polar surface area (TPSA) is 49.3 Å². The van der Waals surface area contributed by atoms with Gasteiger partial charge in [-0.05, 0) is 32.6 Å². The van der Waals surface area contributed by atoms with Crippen molar-refractivity contribution in [2.45, 2.75) is 52.0 Å². The first-order valence-electron chi connectivity index (χ1n) is 8.15. The molecule has 0 bridgehead atoms. The highest BCUT2D eigenvalue weighted by atomic mass is 19.3. The van der Waals surface area contributed by atoms with Crippen LogP contribution in [-0.4, -0.2) is 45.4 Å². The number of hydrazine groups is 1. The maximum Gasteiger partial charge on any atom is 0.252 e. The second-order valence-electron chi connectivity index (χ2n) is 6.40. The molecule has 2 fully saturated rings. The zero-order chi connectivity index (χ0) is 16.6. The molecule has 1 aromatic heterocycles. The first kappa shape index (κ1) is 16.2. The third-order valence-corrected chi connectivity index (χ3v) is 5.12. The van der Waals surface area contributed by atoms with E-state index in [0.29, 0.717) is 31.6 Å². The van der Waals surface area contributed by atoms with E-state index >= 15 is 0 Å². The number of halogens is 2. The molecular formula is C16H22F2N4O. The highest BCUT2D eigenvalue weighted by Crippen LogP contribution is 2.44. The van der Waals surface area contributed by atoms with Gasteiger partial charge in [-0.3, -0.25) is 19.8 Å². The molecule has 23 heavy (non-hydrogen) atoms. The van der Waals surface area contributed by atoms with Gasteiger partial charge in [0, 0.05) is 19.3 Å². The zero-order valence-corrected chi connectivity index (χ0v) is 13.5. The van der Waals surface area contributed by atoms with E-state index in [1.165, 1.54) is 0 Å². The monoisotopic (exact) mass is 324 g/mol. The fraction of sp³-hybridized carbons (Fsp3) is 0.688. The van der Waals surface area contributed by atoms with Crippen LogP contribution in [-0.2, 0) is 4.79 Å². The summed E-state index contributed by atoms with van der Waals surface area (Å²) in [5.41, 5.74) is -0.107. The van der Waals surface area contributed by atoms with Gasteiger partial charge in [0.05, 0.1) is 23.6 Å². The lowest BCUT2D eigenvalue weighted by Gasteiger charge is -2.37. The van der Waals surface area contributed by atoms with Crippen LogP contribution >= 0.6 is 0 Å². The second-order valence-corrected chi connectivity index (χ2v) is 6.40. The predicted octanol–water partition coefficient (Wildman–Crippen LogP) is 2.73. The Morgan fingerprint density at radius 3 is 2.74 bits per heavy atom. The Morgan fingerprint density at radius 2 is 2.13 bits per heavy atom. The SMILES string of the molecule is CCC1(C(F)F)CCCN2CCC(c3cnc(C)cn3)N2C1=O. The van der Waals surface area contributed by atoms with E-state index in [2.05, 4.69) is 9.97 Å². The van der Waals surface area contributed by atoms with Gasteiger partial charge in [0.25, 0.3) is 6.43 Å². The van der Waals surface area contributed by atoms with Crippen molar-refractivity contribution in [1.29, 1.82) is 0 Å². The Hall–Kier alpha value is -1.63. The minimum absolute atomic E-state index is 0.153. The standard InChI is InChI=1S/C16H22F2N4O/c1-3-16(14(17)18)6-4-7-21-8-5-13(22(21)15(16)23)12-10-19-11(2)9-20-12/h9-10,13-14H,3-8H2,1-2H3. The molecule has 1 amide bonds. The van der Waals surface area contributed by atoms with Gasteiger partial charge in [-0.15, -0.1) is 0 Å². The van der Waals surface area contributed by atoms with Crippen molar-refractivity contribution < 1.29 is 13.6 Å². The Kier molecular flexibility index (Phi) is 4.31. The Labute approximate surface area is 134 Å². The van der Waals surface area contributed by atoms with Crippen molar-refractivity contribution in [3.05, 3.63) is 23.8 Å². The molecule has 1 aromatic rings. The molecule has 2 atom stereocenters. The third-order valence-electron chi connectivity index (χ3n) is 5.12. The normalized spacial score (nSPS) is 29.0. The number of nitrogens with zero attached hydrogens (tertiary/aromatic N) is 4. The number of rotatable bonds is 3. The van der Waals surface area contributed by atoms with Crippen molar-refractivity contribution in [2.75, 3.05) is 13.1 Å². The number of aromatic nitrogens is 2. The predicted molar refractivity (Wildman–Crippen MR) is 80.5 cm³/mol. The average molecular weight is 324 g/mol. The average Bonchev–Trinajstić information content (AvgIpc) is 2.89. The maximum absolute atomic E-state index is 13.8. The molecule has 0 N–H and O–H groups in total. The van der Waals surface area contributed by atoms with Gasteiger partial charge >= 0.3 is 0 Å². The molecule has 0 spiro atoms. The van der Waals surface area contributed by atoms with Gasteiger partial charge in [0.1, 0.15) is 5.41 Å². The first-order chi connectivity index (χ1) is 11.0. The van der Waals surface area contributed by atoms with E-state index < -0.39 is 17.7 Å². The minimum Gasteiger partial charge on any atom is -0.273 e. The van der Waals surface area contributed by atoms with E-state index in [4.69, 9.17) is 0 Å². The Morgan fingerprint density at radius 1 is 1.35 bits per heavy atom. The number of carbonyl (C=O) groups is 1. The summed E-state index contributed by atoms with van der Waals surface area (Å²) < 4.78 is 27.5. The summed E-state index contributed by atoms with van der Waals surface area (Å²) in [6.07, 6.45) is 2.35. The molecule has 0 saturated carbocycles. The number of alkyl halides is 2. The van der Waals surface area contributed by atoms with Crippen LogP contribution in [0.3, 0.4) is 0 Å². The van der Waals surface area contributed by atoms with Crippen LogP contribution in [0.1, 0.15) is 50.0 Å². The highest BCUT2D eigenvalue weighted by Gasteiger charge is 2.53. The molecular weight excluding hydrogens is 302 g/mol. The molecule has 3 rings (SSSR count). The summed E-state index contributed by atoms with van der Waals surface area (Å²) >= 11 is 0. The van der Waals surface area contributed by atoms with E-state index in [0.717, 1.165) is 5.69 Å². The molecule has 5 nitrogen and oxygen atoms in total. The van der Waals surface area contributed by atoms with Gasteiger partial charge in [0.15, 0.2) is 0 Å². The molecule has 7 heteroatoms. The number of fused-ring (bicyclic) bond motifs is 1. The minimum atomic E-state index is -2.65. The van der Waals surface area contributed by atoms with Gasteiger partial charge in [-0.25, -0.2) is 13.8 Å². The highest BCUT2D eigenvalue weighted by molar-refractivity contribution is 5.83. The first-order valence-corrected chi connectivity index (χ1v) is 8.15. The second kappa shape index (κ2) is 6.11. The number of hydrogen-bond donors (Lipinski definition) is 0.